The zero-order valence-corrected chi connectivity index (χ0v) is 13.2. The van der Waals surface area contributed by atoms with Crippen LogP contribution in [0.15, 0.2) is 35.8 Å². The van der Waals surface area contributed by atoms with Gasteiger partial charge in [-0.25, -0.2) is 9.78 Å². The first-order chi connectivity index (χ1) is 10.5. The van der Waals surface area contributed by atoms with Crippen LogP contribution in [-0.4, -0.2) is 23.0 Å². The number of hydrogen-bond acceptors (Lipinski definition) is 4. The fourth-order valence-electron chi connectivity index (χ4n) is 1.81. The van der Waals surface area contributed by atoms with E-state index in [0.717, 1.165) is 5.56 Å². The molecule has 0 bridgehead atoms. The number of aromatic nitrogens is 1. The molecule has 2 aromatic rings. The van der Waals surface area contributed by atoms with Gasteiger partial charge >= 0.3 is 6.03 Å². The van der Waals surface area contributed by atoms with E-state index in [1.54, 1.807) is 23.7 Å². The minimum absolute atomic E-state index is 0.0165. The van der Waals surface area contributed by atoms with Crippen LogP contribution < -0.4 is 16.0 Å². The highest BCUT2D eigenvalue weighted by Gasteiger charge is 2.06. The molecule has 0 aliphatic carbocycles. The Hall–Kier alpha value is -2.41. The Balaban J connectivity index is 1.86. The maximum atomic E-state index is 11.7. The molecular weight excluding hydrogens is 300 g/mol. The first-order valence-electron chi connectivity index (χ1n) is 6.89. The number of rotatable bonds is 5. The third kappa shape index (κ3) is 5.17. The van der Waals surface area contributed by atoms with Crippen LogP contribution in [0.25, 0.3) is 0 Å². The third-order valence-electron chi connectivity index (χ3n) is 2.68. The third-order valence-corrected chi connectivity index (χ3v) is 3.37. The molecule has 0 aliphatic rings. The normalized spacial score (nSPS) is 10.3. The molecule has 1 aromatic carbocycles. The molecule has 1 aromatic heterocycles. The number of hydrogen-bond donors (Lipinski definition) is 3. The fraction of sp³-hybridized carbons (Fsp3) is 0.267. The van der Waals surface area contributed by atoms with E-state index in [9.17, 15) is 9.59 Å². The van der Waals surface area contributed by atoms with Gasteiger partial charge in [-0.3, -0.25) is 10.1 Å². The van der Waals surface area contributed by atoms with Crippen molar-refractivity contribution >= 4 is 34.1 Å². The van der Waals surface area contributed by atoms with Crippen LogP contribution >= 0.6 is 11.3 Å². The number of nitrogens with one attached hydrogen (secondary N) is 3. The quantitative estimate of drug-likeness (QED) is 0.792. The second-order valence-corrected chi connectivity index (χ2v) is 5.91. The molecule has 0 saturated carbocycles. The van der Waals surface area contributed by atoms with E-state index < -0.39 is 0 Å². The molecule has 7 heteroatoms. The molecule has 0 saturated heterocycles. The molecule has 0 radical (unpaired) electrons. The monoisotopic (exact) mass is 318 g/mol. The van der Waals surface area contributed by atoms with E-state index in [0.29, 0.717) is 17.2 Å². The Bertz CT molecular complexity index is 624. The summed E-state index contributed by atoms with van der Waals surface area (Å²) in [5.41, 5.74) is 1.55. The Morgan fingerprint density at radius 2 is 1.91 bits per heavy atom. The lowest BCUT2D eigenvalue weighted by atomic mass is 10.1. The summed E-state index contributed by atoms with van der Waals surface area (Å²) >= 11 is 1.35. The van der Waals surface area contributed by atoms with E-state index in [2.05, 4.69) is 20.9 Å². The Morgan fingerprint density at radius 1 is 1.18 bits per heavy atom. The molecule has 0 unspecified atom stereocenters. The average Bonchev–Trinajstić information content (AvgIpc) is 2.92. The topological polar surface area (TPSA) is 83.1 Å². The lowest BCUT2D eigenvalue weighted by Gasteiger charge is -2.09. The Morgan fingerprint density at radius 3 is 2.50 bits per heavy atom. The fourth-order valence-corrected chi connectivity index (χ4v) is 2.33. The van der Waals surface area contributed by atoms with Gasteiger partial charge in [0, 0.05) is 23.3 Å². The van der Waals surface area contributed by atoms with Gasteiger partial charge in [-0.1, -0.05) is 12.1 Å². The van der Waals surface area contributed by atoms with Gasteiger partial charge < -0.3 is 10.6 Å². The van der Waals surface area contributed by atoms with E-state index in [1.807, 2.05) is 26.0 Å². The number of carbonyl (C=O) groups excluding carboxylic acids is 2. The number of thiazole rings is 1. The highest BCUT2D eigenvalue weighted by Crippen LogP contribution is 2.13. The zero-order valence-electron chi connectivity index (χ0n) is 12.4. The highest BCUT2D eigenvalue weighted by molar-refractivity contribution is 7.13. The molecule has 6 nitrogen and oxygen atoms in total. The molecule has 0 spiro atoms. The largest absolute Gasteiger partial charge is 0.354 e. The van der Waals surface area contributed by atoms with Crippen LogP contribution in [0, 0.1) is 0 Å². The number of nitrogens with zero attached hydrogens (tertiary/aromatic N) is 1. The molecule has 116 valence electrons. The lowest BCUT2D eigenvalue weighted by molar-refractivity contribution is -0.120. The molecule has 0 aliphatic heterocycles. The van der Waals surface area contributed by atoms with Crippen LogP contribution in [0.1, 0.15) is 19.4 Å². The molecule has 22 heavy (non-hydrogen) atoms. The molecular formula is C15H18N4O2S. The Kier molecular flexibility index (Phi) is 5.48. The minimum Gasteiger partial charge on any atom is -0.354 e. The van der Waals surface area contributed by atoms with Gasteiger partial charge in [0.1, 0.15) is 0 Å². The second kappa shape index (κ2) is 7.56. The molecule has 3 amide bonds. The van der Waals surface area contributed by atoms with Gasteiger partial charge in [0.05, 0.1) is 6.42 Å². The summed E-state index contributed by atoms with van der Waals surface area (Å²) < 4.78 is 0. The second-order valence-electron chi connectivity index (χ2n) is 5.01. The maximum absolute atomic E-state index is 11.7. The first kappa shape index (κ1) is 16.0. The van der Waals surface area contributed by atoms with Crippen molar-refractivity contribution in [2.24, 2.45) is 0 Å². The summed E-state index contributed by atoms with van der Waals surface area (Å²) in [6.45, 7) is 3.85. The SMILES string of the molecule is CC(C)NC(=O)Cc1ccc(NC(=O)Nc2nccs2)cc1. The van der Waals surface area contributed by atoms with Gasteiger partial charge in [-0.15, -0.1) is 11.3 Å². The number of benzene rings is 1. The minimum atomic E-state index is -0.347. The summed E-state index contributed by atoms with van der Waals surface area (Å²) in [5.74, 6) is -0.0165. The van der Waals surface area contributed by atoms with Gasteiger partial charge in [-0.2, -0.15) is 0 Å². The van der Waals surface area contributed by atoms with Crippen molar-refractivity contribution in [1.29, 1.82) is 0 Å². The summed E-state index contributed by atoms with van der Waals surface area (Å²) in [4.78, 5) is 27.4. The van der Waals surface area contributed by atoms with Crippen molar-refractivity contribution < 1.29 is 9.59 Å². The summed E-state index contributed by atoms with van der Waals surface area (Å²) in [6, 6.07) is 6.94. The number of anilines is 2. The van der Waals surface area contributed by atoms with Crippen molar-refractivity contribution in [1.82, 2.24) is 10.3 Å². The van der Waals surface area contributed by atoms with Crippen molar-refractivity contribution in [3.05, 3.63) is 41.4 Å². The van der Waals surface area contributed by atoms with Gasteiger partial charge in [0.2, 0.25) is 5.91 Å². The predicted octanol–water partition coefficient (Wildman–Crippen LogP) is 2.85. The van der Waals surface area contributed by atoms with Crippen LogP contribution in [0.2, 0.25) is 0 Å². The van der Waals surface area contributed by atoms with Gasteiger partial charge in [-0.05, 0) is 31.5 Å². The van der Waals surface area contributed by atoms with Crippen molar-refractivity contribution in [3.8, 4) is 0 Å². The van der Waals surface area contributed by atoms with Crippen molar-refractivity contribution in [2.45, 2.75) is 26.3 Å². The first-order valence-corrected chi connectivity index (χ1v) is 7.76. The van der Waals surface area contributed by atoms with E-state index >= 15 is 0 Å². The number of amides is 3. The predicted molar refractivity (Wildman–Crippen MR) is 88.2 cm³/mol. The summed E-state index contributed by atoms with van der Waals surface area (Å²) in [6.07, 6.45) is 1.95. The van der Waals surface area contributed by atoms with E-state index in [1.165, 1.54) is 11.3 Å². The van der Waals surface area contributed by atoms with E-state index in [4.69, 9.17) is 0 Å². The van der Waals surface area contributed by atoms with Crippen LogP contribution in [0.3, 0.4) is 0 Å². The molecule has 0 atom stereocenters. The van der Waals surface area contributed by atoms with Gasteiger partial charge in [0.25, 0.3) is 0 Å². The maximum Gasteiger partial charge on any atom is 0.325 e. The number of carbonyl (C=O) groups is 2. The Labute approximate surface area is 133 Å². The summed E-state index contributed by atoms with van der Waals surface area (Å²) in [7, 11) is 0. The lowest BCUT2D eigenvalue weighted by Crippen LogP contribution is -2.31. The van der Waals surface area contributed by atoms with E-state index in [-0.39, 0.29) is 18.0 Å². The summed E-state index contributed by atoms with van der Waals surface area (Å²) in [5, 5.41) is 10.5. The zero-order chi connectivity index (χ0) is 15.9. The van der Waals surface area contributed by atoms with Gasteiger partial charge in [0.15, 0.2) is 5.13 Å². The highest BCUT2D eigenvalue weighted by atomic mass is 32.1. The van der Waals surface area contributed by atoms with Crippen LogP contribution in [0.5, 0.6) is 0 Å². The van der Waals surface area contributed by atoms with Crippen molar-refractivity contribution in [3.63, 3.8) is 0 Å². The number of urea groups is 1. The standard InChI is InChI=1S/C15H18N4O2S/c1-10(2)17-13(20)9-11-3-5-12(6-4-11)18-14(21)19-15-16-7-8-22-15/h3-8,10H,9H2,1-2H3,(H,17,20)(H2,16,18,19,21). The van der Waals surface area contributed by atoms with Crippen LogP contribution in [-0.2, 0) is 11.2 Å². The molecule has 3 N–H and O–H groups in total. The van der Waals surface area contributed by atoms with Crippen LogP contribution in [0.4, 0.5) is 15.6 Å². The molecule has 0 fully saturated rings. The molecule has 1 heterocycles. The van der Waals surface area contributed by atoms with Crippen molar-refractivity contribution in [2.75, 3.05) is 10.6 Å². The average molecular weight is 318 g/mol. The smallest absolute Gasteiger partial charge is 0.325 e. The molecule has 2 rings (SSSR count).